The Balaban J connectivity index is 2.52. The molecule has 2 aliphatic rings. The maximum Gasteiger partial charge on any atom is 0.186 e. The van der Waals surface area contributed by atoms with E-state index in [4.69, 9.17) is 0 Å². The van der Waals surface area contributed by atoms with Gasteiger partial charge in [0, 0.05) is 12.0 Å². The van der Waals surface area contributed by atoms with Crippen molar-refractivity contribution in [1.29, 1.82) is 0 Å². The van der Waals surface area contributed by atoms with Crippen molar-refractivity contribution in [2.75, 3.05) is 0 Å². The zero-order valence-electron chi connectivity index (χ0n) is 5.83. The van der Waals surface area contributed by atoms with E-state index >= 15 is 0 Å². The molecule has 0 atom stereocenters. The third kappa shape index (κ3) is 0.871. The second-order valence-corrected chi connectivity index (χ2v) is 2.62. The zero-order chi connectivity index (χ0) is 7.84. The molecule has 0 aliphatic heterocycles. The van der Waals surface area contributed by atoms with Crippen molar-refractivity contribution >= 4 is 11.6 Å². The van der Waals surface area contributed by atoms with E-state index in [0.29, 0.717) is 12.0 Å². The lowest BCUT2D eigenvalue weighted by Crippen LogP contribution is -2.00. The van der Waals surface area contributed by atoms with Crippen molar-refractivity contribution in [3.63, 3.8) is 0 Å². The van der Waals surface area contributed by atoms with Gasteiger partial charge in [-0.15, -0.1) is 0 Å². The lowest BCUT2D eigenvalue weighted by atomic mass is 10.0. The molecule has 0 N–H and O–H groups in total. The fourth-order valence-corrected chi connectivity index (χ4v) is 1.31. The monoisotopic (exact) mass is 146 g/mol. The van der Waals surface area contributed by atoms with Gasteiger partial charge in [0.25, 0.3) is 0 Å². The SMILES string of the molecule is O=C1C=C2C(=O)C=CC=C2C1. The molecule has 2 nitrogen and oxygen atoms in total. The van der Waals surface area contributed by atoms with E-state index in [1.54, 1.807) is 6.08 Å². The summed E-state index contributed by atoms with van der Waals surface area (Å²) in [7, 11) is 0. The number of carbonyl (C=O) groups is 2. The summed E-state index contributed by atoms with van der Waals surface area (Å²) in [6.45, 7) is 0. The quantitative estimate of drug-likeness (QED) is 0.510. The maximum atomic E-state index is 11.1. The van der Waals surface area contributed by atoms with E-state index < -0.39 is 0 Å². The van der Waals surface area contributed by atoms with Gasteiger partial charge in [0.05, 0.1) is 0 Å². The average Bonchev–Trinajstić information content (AvgIpc) is 2.31. The molecule has 54 valence electrons. The van der Waals surface area contributed by atoms with Crippen molar-refractivity contribution in [2.45, 2.75) is 6.42 Å². The molecule has 2 heteroatoms. The van der Waals surface area contributed by atoms with Crippen LogP contribution >= 0.6 is 0 Å². The van der Waals surface area contributed by atoms with Crippen molar-refractivity contribution in [3.8, 4) is 0 Å². The molecule has 0 spiro atoms. The van der Waals surface area contributed by atoms with Crippen molar-refractivity contribution < 1.29 is 9.59 Å². The van der Waals surface area contributed by atoms with Gasteiger partial charge >= 0.3 is 0 Å². The van der Waals surface area contributed by atoms with Gasteiger partial charge in [-0.05, 0) is 17.7 Å². The molecule has 0 heterocycles. The Kier molecular flexibility index (Phi) is 1.15. The third-order valence-electron chi connectivity index (χ3n) is 1.83. The number of carbonyl (C=O) groups excluding carboxylic acids is 2. The lowest BCUT2D eigenvalue weighted by Gasteiger charge is -2.02. The van der Waals surface area contributed by atoms with Gasteiger partial charge in [0.2, 0.25) is 0 Å². The minimum absolute atomic E-state index is 0.0308. The summed E-state index contributed by atoms with van der Waals surface area (Å²) in [5.41, 5.74) is 1.44. The highest BCUT2D eigenvalue weighted by Gasteiger charge is 2.23. The minimum Gasteiger partial charge on any atom is -0.294 e. The number of allylic oxidation sites excluding steroid dienone is 6. The maximum absolute atomic E-state index is 11.1. The Hall–Kier alpha value is -1.44. The van der Waals surface area contributed by atoms with Gasteiger partial charge in [-0.2, -0.15) is 0 Å². The first kappa shape index (κ1) is 6.28. The standard InChI is InChI=1S/C9H6O2/c10-7-4-6-2-1-3-9(11)8(6)5-7/h1-3,5H,4H2. The fraction of sp³-hybridized carbons (Fsp3) is 0.111. The van der Waals surface area contributed by atoms with E-state index in [9.17, 15) is 9.59 Å². The van der Waals surface area contributed by atoms with Gasteiger partial charge in [0.15, 0.2) is 11.6 Å². The Bertz CT molecular complexity index is 329. The molecule has 0 unspecified atom stereocenters. The predicted molar refractivity (Wildman–Crippen MR) is 39.9 cm³/mol. The second-order valence-electron chi connectivity index (χ2n) is 2.62. The molecule has 0 aromatic heterocycles. The van der Waals surface area contributed by atoms with Crippen LogP contribution < -0.4 is 0 Å². The van der Waals surface area contributed by atoms with Gasteiger partial charge in [-0.25, -0.2) is 0 Å². The number of hydrogen-bond donors (Lipinski definition) is 0. The molecule has 0 saturated heterocycles. The van der Waals surface area contributed by atoms with Gasteiger partial charge in [-0.3, -0.25) is 9.59 Å². The summed E-state index contributed by atoms with van der Waals surface area (Å²) in [5.74, 6) is -0.0170. The van der Waals surface area contributed by atoms with E-state index in [0.717, 1.165) is 5.57 Å². The van der Waals surface area contributed by atoms with Crippen LogP contribution in [0.1, 0.15) is 6.42 Å². The summed E-state index contributed by atoms with van der Waals surface area (Å²) in [6.07, 6.45) is 6.81. The largest absolute Gasteiger partial charge is 0.294 e. The number of rotatable bonds is 0. The molecular weight excluding hydrogens is 140 g/mol. The molecular formula is C9H6O2. The molecule has 0 amide bonds. The molecule has 2 rings (SSSR count). The van der Waals surface area contributed by atoms with Crippen LogP contribution in [0.2, 0.25) is 0 Å². The molecule has 0 aromatic carbocycles. The minimum atomic E-state index is -0.0478. The van der Waals surface area contributed by atoms with Crippen LogP contribution in [0.4, 0.5) is 0 Å². The second kappa shape index (κ2) is 2.02. The summed E-state index contributed by atoms with van der Waals surface area (Å²) >= 11 is 0. The molecule has 0 aromatic rings. The van der Waals surface area contributed by atoms with Crippen molar-refractivity contribution in [1.82, 2.24) is 0 Å². The first-order valence-electron chi connectivity index (χ1n) is 3.44. The van der Waals surface area contributed by atoms with Crippen LogP contribution in [-0.2, 0) is 9.59 Å². The van der Waals surface area contributed by atoms with Crippen molar-refractivity contribution in [2.24, 2.45) is 0 Å². The molecule has 2 aliphatic carbocycles. The summed E-state index contributed by atoms with van der Waals surface area (Å²) in [6, 6.07) is 0. The van der Waals surface area contributed by atoms with E-state index in [-0.39, 0.29) is 11.6 Å². The molecule has 11 heavy (non-hydrogen) atoms. The summed E-state index contributed by atoms with van der Waals surface area (Å²) < 4.78 is 0. The van der Waals surface area contributed by atoms with Crippen LogP contribution in [0.3, 0.4) is 0 Å². The zero-order valence-corrected chi connectivity index (χ0v) is 5.83. The molecule has 0 fully saturated rings. The number of fused-ring (bicyclic) bond motifs is 1. The van der Waals surface area contributed by atoms with Crippen LogP contribution in [0, 0.1) is 0 Å². The highest BCUT2D eigenvalue weighted by Crippen LogP contribution is 2.25. The average molecular weight is 146 g/mol. The summed E-state index contributed by atoms with van der Waals surface area (Å²) in [4.78, 5) is 21.9. The van der Waals surface area contributed by atoms with Gasteiger partial charge in [0.1, 0.15) is 0 Å². The van der Waals surface area contributed by atoms with Crippen LogP contribution in [0.15, 0.2) is 35.5 Å². The highest BCUT2D eigenvalue weighted by molar-refractivity contribution is 6.16. The van der Waals surface area contributed by atoms with Crippen LogP contribution in [0.25, 0.3) is 0 Å². The molecule has 0 saturated carbocycles. The Labute approximate surface area is 63.9 Å². The van der Waals surface area contributed by atoms with Crippen molar-refractivity contribution in [3.05, 3.63) is 35.5 Å². The van der Waals surface area contributed by atoms with Gasteiger partial charge < -0.3 is 0 Å². The number of hydrogen-bond acceptors (Lipinski definition) is 2. The Morgan fingerprint density at radius 2 is 2.09 bits per heavy atom. The molecule has 0 radical (unpaired) electrons. The lowest BCUT2D eigenvalue weighted by molar-refractivity contribution is -0.114. The number of ketones is 2. The normalized spacial score (nSPS) is 21.5. The van der Waals surface area contributed by atoms with Crippen LogP contribution in [-0.4, -0.2) is 11.6 Å². The first-order chi connectivity index (χ1) is 5.27. The highest BCUT2D eigenvalue weighted by atomic mass is 16.1. The predicted octanol–water partition coefficient (Wildman–Crippen LogP) is 0.951. The van der Waals surface area contributed by atoms with Gasteiger partial charge in [-0.1, -0.05) is 12.2 Å². The topological polar surface area (TPSA) is 34.1 Å². The Morgan fingerprint density at radius 3 is 2.82 bits per heavy atom. The first-order valence-corrected chi connectivity index (χ1v) is 3.44. The smallest absolute Gasteiger partial charge is 0.186 e. The van der Waals surface area contributed by atoms with E-state index in [1.165, 1.54) is 12.2 Å². The molecule has 0 bridgehead atoms. The third-order valence-corrected chi connectivity index (χ3v) is 1.83. The van der Waals surface area contributed by atoms with E-state index in [2.05, 4.69) is 0 Å². The van der Waals surface area contributed by atoms with Crippen LogP contribution in [0.5, 0.6) is 0 Å². The summed E-state index contributed by atoms with van der Waals surface area (Å²) in [5, 5.41) is 0. The van der Waals surface area contributed by atoms with E-state index in [1.807, 2.05) is 6.08 Å². The fourth-order valence-electron chi connectivity index (χ4n) is 1.31. The Morgan fingerprint density at radius 1 is 1.27 bits per heavy atom.